The van der Waals surface area contributed by atoms with Crippen LogP contribution >= 0.6 is 0 Å². The van der Waals surface area contributed by atoms with Crippen molar-refractivity contribution in [3.63, 3.8) is 0 Å². The Bertz CT molecular complexity index is 2330. The molecule has 3 aliphatic heterocycles. The molecule has 22 heteroatoms. The number of benzene rings is 1. The number of esters is 2. The molecule has 4 rings (SSSR count). The van der Waals surface area contributed by atoms with E-state index in [1.807, 2.05) is 27.7 Å². The van der Waals surface area contributed by atoms with Crippen LogP contribution in [0, 0.1) is 29.6 Å². The van der Waals surface area contributed by atoms with Crippen molar-refractivity contribution in [1.29, 1.82) is 0 Å². The summed E-state index contributed by atoms with van der Waals surface area (Å²) in [6.07, 6.45) is -4.99. The van der Waals surface area contributed by atoms with Crippen molar-refractivity contribution in [2.24, 2.45) is 29.6 Å². The van der Waals surface area contributed by atoms with E-state index in [1.54, 1.807) is 52.0 Å². The number of aliphatic hydroxyl groups is 2. The van der Waals surface area contributed by atoms with Crippen LogP contribution in [-0.2, 0) is 63.8 Å². The number of carbonyl (C=O) groups excluding carboxylic acids is 10. The van der Waals surface area contributed by atoms with Crippen LogP contribution in [0.25, 0.3) is 0 Å². The Labute approximate surface area is 465 Å². The van der Waals surface area contributed by atoms with E-state index in [4.69, 9.17) is 14.2 Å². The highest BCUT2D eigenvalue weighted by atomic mass is 16.6. The van der Waals surface area contributed by atoms with Crippen molar-refractivity contribution in [2.75, 3.05) is 34.3 Å². The van der Waals surface area contributed by atoms with Gasteiger partial charge in [0.1, 0.15) is 54.2 Å². The number of hydrogen-bond donors (Lipinski definition) is 5. The van der Waals surface area contributed by atoms with Gasteiger partial charge in [0, 0.05) is 33.6 Å². The van der Waals surface area contributed by atoms with Gasteiger partial charge in [-0.25, -0.2) is 4.79 Å². The molecule has 3 aliphatic rings. The summed E-state index contributed by atoms with van der Waals surface area (Å²) in [6.45, 7) is 18.4. The number of Topliss-reactive ketones (excluding diaryl/α,β-unsaturated/α-hetero) is 1. The molecule has 0 aliphatic carbocycles. The molecule has 0 saturated carbocycles. The summed E-state index contributed by atoms with van der Waals surface area (Å²) in [7, 11) is 4.29. The molecule has 3 fully saturated rings. The van der Waals surface area contributed by atoms with Gasteiger partial charge in [-0.2, -0.15) is 0 Å². The lowest BCUT2D eigenvalue weighted by molar-refractivity contribution is -0.163. The number of cyclic esters (lactones) is 2. The Kier molecular flexibility index (Phi) is 24.3. The Morgan fingerprint density at radius 2 is 1.49 bits per heavy atom. The highest BCUT2D eigenvalue weighted by Gasteiger charge is 2.46. The molecular formula is C57H89N7O15. The molecule has 1 aromatic carbocycles. The molecule has 79 heavy (non-hydrogen) atoms. The Balaban J connectivity index is 1.89. The van der Waals surface area contributed by atoms with Crippen LogP contribution in [0.2, 0.25) is 0 Å². The number of likely N-dealkylation sites (tertiary alicyclic amines) is 1. The molecule has 442 valence electrons. The lowest BCUT2D eigenvalue weighted by atomic mass is 9.91. The quantitative estimate of drug-likeness (QED) is 0.124. The van der Waals surface area contributed by atoms with Crippen LogP contribution in [0.3, 0.4) is 0 Å². The highest BCUT2D eigenvalue weighted by molar-refractivity contribution is 6.05. The fourth-order valence-corrected chi connectivity index (χ4v) is 10.5. The number of carbonyl (C=O) groups is 10. The first-order valence-electron chi connectivity index (χ1n) is 28.0. The van der Waals surface area contributed by atoms with E-state index in [2.05, 4.69) is 16.0 Å². The summed E-state index contributed by atoms with van der Waals surface area (Å²) in [5.74, 6) is -10.3. The number of nitrogens with one attached hydrogen (secondary N) is 3. The van der Waals surface area contributed by atoms with E-state index in [9.17, 15) is 53.4 Å². The Hall–Kier alpha value is -6.16. The number of ether oxygens (including phenoxy) is 3. The average Bonchev–Trinajstić information content (AvgIpc) is 4.13. The van der Waals surface area contributed by atoms with Crippen molar-refractivity contribution in [1.82, 2.24) is 35.6 Å². The fourth-order valence-electron chi connectivity index (χ4n) is 10.5. The monoisotopic (exact) mass is 1110 g/mol. The van der Waals surface area contributed by atoms with Gasteiger partial charge in [0.15, 0.2) is 11.9 Å². The Morgan fingerprint density at radius 1 is 0.861 bits per heavy atom. The van der Waals surface area contributed by atoms with Gasteiger partial charge in [0.25, 0.3) is 5.91 Å². The first kappa shape index (κ1) is 65.4. The van der Waals surface area contributed by atoms with E-state index in [0.717, 1.165) is 0 Å². The molecule has 22 nitrogen and oxygen atoms in total. The predicted molar refractivity (Wildman–Crippen MR) is 290 cm³/mol. The number of amides is 7. The van der Waals surface area contributed by atoms with E-state index < -0.39 is 150 Å². The van der Waals surface area contributed by atoms with Crippen LogP contribution in [0.5, 0.6) is 5.75 Å². The van der Waals surface area contributed by atoms with Gasteiger partial charge in [-0.05, 0) is 101 Å². The van der Waals surface area contributed by atoms with E-state index in [-0.39, 0.29) is 57.0 Å². The van der Waals surface area contributed by atoms with Crippen molar-refractivity contribution < 1.29 is 72.4 Å². The van der Waals surface area contributed by atoms with Gasteiger partial charge in [0.2, 0.25) is 35.4 Å². The lowest BCUT2D eigenvalue weighted by Gasteiger charge is -2.36. The predicted octanol–water partition coefficient (Wildman–Crippen LogP) is 2.32. The first-order valence-corrected chi connectivity index (χ1v) is 28.0. The molecule has 5 N–H and O–H groups in total. The summed E-state index contributed by atoms with van der Waals surface area (Å²) in [6, 6.07) is -2.19. The third kappa shape index (κ3) is 16.9. The van der Waals surface area contributed by atoms with E-state index >= 15 is 4.79 Å². The van der Waals surface area contributed by atoms with Crippen molar-refractivity contribution in [3.8, 4) is 5.75 Å². The fraction of sp³-hybridized carbons (Fsp3) is 0.719. The number of methoxy groups -OCH3 is 1. The minimum Gasteiger partial charge on any atom is -0.497 e. The molecule has 0 radical (unpaired) electrons. The summed E-state index contributed by atoms with van der Waals surface area (Å²) in [5.41, 5.74) is 0.571. The first-order chi connectivity index (χ1) is 37.0. The molecule has 5 unspecified atom stereocenters. The van der Waals surface area contributed by atoms with Crippen LogP contribution in [0.1, 0.15) is 133 Å². The number of rotatable bonds is 15. The van der Waals surface area contributed by atoms with E-state index in [0.29, 0.717) is 30.6 Å². The molecular weight excluding hydrogens is 1020 g/mol. The third-order valence-electron chi connectivity index (χ3n) is 15.5. The minimum absolute atomic E-state index is 0.0720. The maximum absolute atomic E-state index is 15.0. The van der Waals surface area contributed by atoms with Crippen LogP contribution < -0.4 is 20.7 Å². The number of likely N-dealkylation sites (N-methyl/N-ethyl adjacent to an activating group) is 2. The number of aliphatic hydroxyl groups excluding tert-OH is 2. The second kappa shape index (κ2) is 29.3. The van der Waals surface area contributed by atoms with Gasteiger partial charge in [-0.15, -0.1) is 0 Å². The van der Waals surface area contributed by atoms with Crippen LogP contribution in [0.15, 0.2) is 24.3 Å². The lowest BCUT2D eigenvalue weighted by Crippen LogP contribution is -2.62. The number of hydrogen-bond acceptors (Lipinski definition) is 15. The van der Waals surface area contributed by atoms with Gasteiger partial charge in [-0.1, -0.05) is 73.9 Å². The zero-order valence-corrected chi connectivity index (χ0v) is 48.8. The van der Waals surface area contributed by atoms with Gasteiger partial charge in [0.05, 0.1) is 31.6 Å². The molecule has 1 aromatic rings. The Morgan fingerprint density at radius 3 is 2.06 bits per heavy atom. The summed E-state index contributed by atoms with van der Waals surface area (Å²) >= 11 is 0. The average molecular weight is 1110 g/mol. The zero-order chi connectivity index (χ0) is 59.3. The zero-order valence-electron chi connectivity index (χ0n) is 48.8. The molecule has 0 spiro atoms. The third-order valence-corrected chi connectivity index (χ3v) is 15.5. The van der Waals surface area contributed by atoms with Crippen LogP contribution in [0.4, 0.5) is 0 Å². The molecule has 0 aromatic heterocycles. The highest BCUT2D eigenvalue weighted by Crippen LogP contribution is 2.27. The number of nitrogens with zero attached hydrogens (tertiary/aromatic N) is 4. The topological polar surface area (TPSA) is 288 Å². The van der Waals surface area contributed by atoms with Gasteiger partial charge < -0.3 is 60.0 Å². The second-order valence-corrected chi connectivity index (χ2v) is 23.0. The number of ketones is 1. The smallest absolute Gasteiger partial charge is 0.329 e. The number of fused-ring (bicyclic) bond motifs is 1. The van der Waals surface area contributed by atoms with Crippen molar-refractivity contribution in [2.45, 2.75) is 201 Å². The van der Waals surface area contributed by atoms with Crippen LogP contribution in [-0.4, -0.2) is 190 Å². The summed E-state index contributed by atoms with van der Waals surface area (Å²) < 4.78 is 17.2. The molecule has 0 bridgehead atoms. The van der Waals surface area contributed by atoms with E-state index in [1.165, 1.54) is 61.6 Å². The van der Waals surface area contributed by atoms with Gasteiger partial charge >= 0.3 is 11.9 Å². The summed E-state index contributed by atoms with van der Waals surface area (Å²) in [4.78, 5) is 149. The summed E-state index contributed by atoms with van der Waals surface area (Å²) in [5, 5.41) is 30.2. The van der Waals surface area contributed by atoms with Crippen molar-refractivity contribution >= 4 is 59.1 Å². The SMILES string of the molecule is CCC(C)C1NC(=O)[C@@H](NC(=O)[C@H](CC(C)C)N(C)C(=O)[C@@H]2CCCN2C(=O)[C@@H](C)O)[C@@H](C)OC(=O)[C@H](Cc2ccc(OC)cc2)N(C)C(=O)[C@@H]2CCCN2C(=O)[C@H](CC(C)C)NC(=O)C(C)C(=O)C(C(C)C)OC(=O)CC1O. The standard InChI is InChI=1S/C57H89N7O15/c1-15-33(8)46-44(66)29-45(67)79-49(32(6)7)48(68)34(9)50(69)58-39(26-30(2)3)54(73)64-25-17-19-41(64)56(75)62(13)43(28-37-20-22-38(77-14)23-21-37)57(76)78-36(11)47(52(71)59-46)60-51(70)42(27-31(4)5)61(12)55(74)40-18-16-24-63(40)53(72)35(10)65/h20-23,30-36,39-44,46-47,49,65-66H,15-19,24-29H2,1-14H3,(H,58,69)(H,59,71)(H,60,70)/t33?,34?,35-,36-,39+,40+,41+,42+,43+,44?,46?,47+,49?/m1/s1. The molecule has 3 saturated heterocycles. The van der Waals surface area contributed by atoms with Crippen molar-refractivity contribution in [3.05, 3.63) is 29.8 Å². The molecule has 3 heterocycles. The normalized spacial score (nSPS) is 27.7. The maximum Gasteiger partial charge on any atom is 0.329 e. The largest absolute Gasteiger partial charge is 0.497 e. The second-order valence-electron chi connectivity index (χ2n) is 23.0. The maximum atomic E-state index is 15.0. The molecule has 7 amide bonds. The van der Waals surface area contributed by atoms with Gasteiger partial charge in [-0.3, -0.25) is 43.2 Å². The minimum atomic E-state index is -1.76. The molecule has 13 atom stereocenters.